The molecular weight excluding hydrogens is 316 g/mol. The molecule has 0 fully saturated rings. The van der Waals surface area contributed by atoms with Crippen LogP contribution in [0.3, 0.4) is 0 Å². The van der Waals surface area contributed by atoms with E-state index in [-0.39, 0.29) is 17.9 Å². The predicted molar refractivity (Wildman–Crippen MR) is 100 cm³/mol. The molecule has 0 heterocycles. The van der Waals surface area contributed by atoms with Crippen molar-refractivity contribution in [2.75, 3.05) is 0 Å². The summed E-state index contributed by atoms with van der Waals surface area (Å²) >= 11 is 0. The molecule has 1 aliphatic carbocycles. The maximum Gasteiger partial charge on any atom is 0.308 e. The number of allylic oxidation sites excluding steroid dienone is 2. The lowest BCUT2D eigenvalue weighted by atomic mass is 9.85. The van der Waals surface area contributed by atoms with Gasteiger partial charge in [0, 0.05) is 25.3 Å². The molecule has 0 N–H and O–H groups in total. The maximum atomic E-state index is 11.4. The molecule has 0 spiro atoms. The van der Waals surface area contributed by atoms with Crippen molar-refractivity contribution in [1.82, 2.24) is 0 Å². The van der Waals surface area contributed by atoms with Crippen molar-refractivity contribution in [2.45, 2.75) is 73.1 Å². The minimum atomic E-state index is -0.378. The molecule has 0 radical (unpaired) electrons. The van der Waals surface area contributed by atoms with Crippen LogP contribution in [-0.4, -0.2) is 11.9 Å². The van der Waals surface area contributed by atoms with Crippen molar-refractivity contribution < 1.29 is 19.1 Å². The van der Waals surface area contributed by atoms with Crippen molar-refractivity contribution in [3.8, 4) is 11.5 Å². The van der Waals surface area contributed by atoms with Gasteiger partial charge in [-0.3, -0.25) is 9.59 Å². The number of carbonyl (C=O) groups is 2. The normalized spacial score (nSPS) is 16.2. The van der Waals surface area contributed by atoms with Crippen molar-refractivity contribution in [3.63, 3.8) is 0 Å². The van der Waals surface area contributed by atoms with E-state index < -0.39 is 0 Å². The summed E-state index contributed by atoms with van der Waals surface area (Å²) in [5.74, 6) is 0.312. The third kappa shape index (κ3) is 6.73. The number of aryl methyl sites for hydroxylation is 1. The van der Waals surface area contributed by atoms with Gasteiger partial charge in [-0.15, -0.1) is 0 Å². The van der Waals surface area contributed by atoms with Gasteiger partial charge >= 0.3 is 11.9 Å². The summed E-state index contributed by atoms with van der Waals surface area (Å²) < 4.78 is 10.8. The lowest BCUT2D eigenvalue weighted by molar-refractivity contribution is -0.132. The Bertz CT molecular complexity index is 606. The second kappa shape index (κ2) is 10.0. The lowest BCUT2D eigenvalue weighted by Crippen LogP contribution is -2.12. The van der Waals surface area contributed by atoms with Crippen LogP contribution in [0.15, 0.2) is 23.8 Å². The predicted octanol–water partition coefficient (Wildman–Crippen LogP) is 5.48. The molecule has 1 atom stereocenters. The van der Waals surface area contributed by atoms with Crippen LogP contribution in [0.2, 0.25) is 0 Å². The molecule has 1 aliphatic rings. The highest BCUT2D eigenvalue weighted by Gasteiger charge is 2.24. The SMILES string of the molecule is CC(=O)Oc1cc(C)cc(OC(C)=O)c1C1C=C(C)CCC1.CCC. The first-order chi connectivity index (χ1) is 11.8. The zero-order chi connectivity index (χ0) is 19.0. The highest BCUT2D eigenvalue weighted by Crippen LogP contribution is 2.42. The van der Waals surface area contributed by atoms with Crippen molar-refractivity contribution in [2.24, 2.45) is 0 Å². The molecule has 25 heavy (non-hydrogen) atoms. The topological polar surface area (TPSA) is 52.6 Å². The van der Waals surface area contributed by atoms with Crippen LogP contribution in [-0.2, 0) is 9.59 Å². The van der Waals surface area contributed by atoms with Crippen LogP contribution in [0.5, 0.6) is 11.5 Å². The minimum absolute atomic E-state index is 0.0954. The maximum absolute atomic E-state index is 11.4. The van der Waals surface area contributed by atoms with E-state index in [4.69, 9.17) is 9.47 Å². The summed E-state index contributed by atoms with van der Waals surface area (Å²) in [6, 6.07) is 3.64. The van der Waals surface area contributed by atoms with Crippen LogP contribution in [0.25, 0.3) is 0 Å². The summed E-state index contributed by atoms with van der Waals surface area (Å²) in [6.07, 6.45) is 6.52. The average Bonchev–Trinajstić information content (AvgIpc) is 2.46. The molecule has 138 valence electrons. The number of rotatable bonds is 3. The smallest absolute Gasteiger partial charge is 0.308 e. The highest BCUT2D eigenvalue weighted by molar-refractivity contribution is 5.73. The molecule has 0 aromatic heterocycles. The zero-order valence-electron chi connectivity index (χ0n) is 16.3. The van der Waals surface area contributed by atoms with E-state index >= 15 is 0 Å². The molecule has 0 bridgehead atoms. The number of hydrogen-bond donors (Lipinski definition) is 0. The van der Waals surface area contributed by atoms with Crippen LogP contribution in [0.1, 0.15) is 77.3 Å². The van der Waals surface area contributed by atoms with Gasteiger partial charge < -0.3 is 9.47 Å². The summed E-state index contributed by atoms with van der Waals surface area (Å²) in [4.78, 5) is 22.8. The van der Waals surface area contributed by atoms with Gasteiger partial charge in [0.1, 0.15) is 11.5 Å². The summed E-state index contributed by atoms with van der Waals surface area (Å²) in [6.45, 7) is 11.0. The number of ether oxygens (including phenoxy) is 2. The summed E-state index contributed by atoms with van der Waals surface area (Å²) in [5, 5.41) is 0. The standard InChI is InChI=1S/C18H22O4.C3H8/c1-11-6-5-7-15(8-11)18-16(21-13(3)19)9-12(2)10-17(18)22-14(4)20;1-3-2/h8-10,15H,5-7H2,1-4H3;3H2,1-2H3. The Labute approximate surface area is 151 Å². The first-order valence-electron chi connectivity index (χ1n) is 8.97. The van der Waals surface area contributed by atoms with Crippen LogP contribution in [0.4, 0.5) is 0 Å². The molecule has 1 aromatic carbocycles. The average molecular weight is 346 g/mol. The van der Waals surface area contributed by atoms with Gasteiger partial charge in [0.2, 0.25) is 0 Å². The van der Waals surface area contributed by atoms with Gasteiger partial charge in [-0.05, 0) is 50.8 Å². The largest absolute Gasteiger partial charge is 0.426 e. The van der Waals surface area contributed by atoms with E-state index in [1.807, 2.05) is 19.1 Å². The molecule has 1 aromatic rings. The van der Waals surface area contributed by atoms with Crippen molar-refractivity contribution in [1.29, 1.82) is 0 Å². The first-order valence-corrected chi connectivity index (χ1v) is 8.97. The first kappa shape index (κ1) is 20.9. The number of carbonyl (C=O) groups excluding carboxylic acids is 2. The zero-order valence-corrected chi connectivity index (χ0v) is 16.3. The number of hydrogen-bond acceptors (Lipinski definition) is 4. The fourth-order valence-electron chi connectivity index (χ4n) is 2.91. The van der Waals surface area contributed by atoms with Gasteiger partial charge in [-0.1, -0.05) is 31.9 Å². The van der Waals surface area contributed by atoms with Gasteiger partial charge in [-0.2, -0.15) is 0 Å². The van der Waals surface area contributed by atoms with Crippen molar-refractivity contribution in [3.05, 3.63) is 34.9 Å². The Morgan fingerprint density at radius 3 is 1.92 bits per heavy atom. The van der Waals surface area contributed by atoms with Gasteiger partial charge in [0.15, 0.2) is 0 Å². The van der Waals surface area contributed by atoms with E-state index in [2.05, 4.69) is 26.8 Å². The van der Waals surface area contributed by atoms with E-state index in [1.165, 1.54) is 25.8 Å². The summed E-state index contributed by atoms with van der Waals surface area (Å²) in [5.41, 5.74) is 2.97. The molecule has 4 heteroatoms. The Kier molecular flexibility index (Phi) is 8.39. The van der Waals surface area contributed by atoms with Crippen LogP contribution >= 0.6 is 0 Å². The Hall–Kier alpha value is -2.10. The van der Waals surface area contributed by atoms with E-state index in [0.717, 1.165) is 30.4 Å². The van der Waals surface area contributed by atoms with E-state index in [0.29, 0.717) is 11.5 Å². The van der Waals surface area contributed by atoms with E-state index in [1.54, 1.807) is 0 Å². The fraction of sp³-hybridized carbons (Fsp3) is 0.524. The molecule has 1 unspecified atom stereocenters. The van der Waals surface area contributed by atoms with Crippen LogP contribution in [0, 0.1) is 6.92 Å². The second-order valence-electron chi connectivity index (χ2n) is 6.58. The highest BCUT2D eigenvalue weighted by atomic mass is 16.5. The molecule has 0 aliphatic heterocycles. The molecule has 2 rings (SSSR count). The summed E-state index contributed by atoms with van der Waals surface area (Å²) in [7, 11) is 0. The third-order valence-electron chi connectivity index (χ3n) is 3.70. The third-order valence-corrected chi connectivity index (χ3v) is 3.70. The van der Waals surface area contributed by atoms with Gasteiger partial charge in [0.05, 0.1) is 0 Å². The second-order valence-corrected chi connectivity index (χ2v) is 6.58. The van der Waals surface area contributed by atoms with E-state index in [9.17, 15) is 9.59 Å². The molecule has 0 amide bonds. The quantitative estimate of drug-likeness (QED) is 0.413. The fourth-order valence-corrected chi connectivity index (χ4v) is 2.91. The molecule has 0 saturated heterocycles. The monoisotopic (exact) mass is 346 g/mol. The minimum Gasteiger partial charge on any atom is -0.426 e. The van der Waals surface area contributed by atoms with Crippen molar-refractivity contribution >= 4 is 11.9 Å². The Balaban J connectivity index is 0.000000970. The number of esters is 2. The molecular formula is C21H30O4. The molecule has 0 saturated carbocycles. The van der Waals surface area contributed by atoms with Crippen LogP contribution < -0.4 is 9.47 Å². The van der Waals surface area contributed by atoms with Gasteiger partial charge in [0.25, 0.3) is 0 Å². The lowest BCUT2D eigenvalue weighted by Gasteiger charge is -2.24. The Morgan fingerprint density at radius 2 is 1.52 bits per heavy atom. The number of benzene rings is 1. The Morgan fingerprint density at radius 1 is 1.04 bits per heavy atom. The molecule has 4 nitrogen and oxygen atoms in total. The van der Waals surface area contributed by atoms with Gasteiger partial charge in [-0.25, -0.2) is 0 Å².